The van der Waals surface area contributed by atoms with Crippen molar-refractivity contribution in [3.8, 4) is 33.9 Å². The molecule has 0 aliphatic rings. The number of aromatic amines is 1. The number of hydrogen-bond acceptors (Lipinski definition) is 7. The molecule has 39 heavy (non-hydrogen) atoms. The summed E-state index contributed by atoms with van der Waals surface area (Å²) >= 11 is 0. The topological polar surface area (TPSA) is 161 Å². The van der Waals surface area contributed by atoms with Crippen molar-refractivity contribution in [1.82, 2.24) is 4.98 Å². The summed E-state index contributed by atoms with van der Waals surface area (Å²) in [7, 11) is 0. The molecule has 10 heteroatoms. The molecule has 1 aromatic heterocycles. The minimum absolute atomic E-state index is 0.0311. The van der Waals surface area contributed by atoms with Gasteiger partial charge >= 0.3 is 5.97 Å². The first-order valence-electron chi connectivity index (χ1n) is 11.8. The van der Waals surface area contributed by atoms with E-state index >= 15 is 0 Å². The van der Waals surface area contributed by atoms with E-state index in [9.17, 15) is 30.2 Å². The van der Waals surface area contributed by atoms with E-state index in [4.69, 9.17) is 0 Å². The van der Waals surface area contributed by atoms with Gasteiger partial charge in [-0.3, -0.25) is 10.1 Å². The highest BCUT2D eigenvalue weighted by Crippen LogP contribution is 2.44. The molecule has 0 aliphatic heterocycles. The highest BCUT2D eigenvalue weighted by molar-refractivity contribution is 6.04. The summed E-state index contributed by atoms with van der Waals surface area (Å²) in [5.41, 5.74) is 4.47. The highest BCUT2D eigenvalue weighted by Gasteiger charge is 2.21. The summed E-state index contributed by atoms with van der Waals surface area (Å²) in [6.45, 7) is 3.91. The Kier molecular flexibility index (Phi) is 6.29. The zero-order valence-electron chi connectivity index (χ0n) is 20.8. The second-order valence-corrected chi connectivity index (χ2v) is 9.05. The number of hydrogen-bond donors (Lipinski definition) is 4. The molecule has 0 unspecified atom stereocenters. The van der Waals surface area contributed by atoms with Crippen LogP contribution in [0.1, 0.15) is 21.5 Å². The van der Waals surface area contributed by atoms with E-state index in [2.05, 4.69) is 15.2 Å². The quantitative estimate of drug-likeness (QED) is 0.102. The molecule has 0 atom stereocenters. The highest BCUT2D eigenvalue weighted by atomic mass is 16.6. The fourth-order valence-electron chi connectivity index (χ4n) is 4.37. The molecule has 0 spiro atoms. The molecule has 0 saturated heterocycles. The molecule has 0 fully saturated rings. The molecular weight excluding hydrogens is 500 g/mol. The van der Waals surface area contributed by atoms with E-state index in [-0.39, 0.29) is 39.6 Å². The van der Waals surface area contributed by atoms with Crippen LogP contribution in [-0.4, -0.2) is 31.2 Å². The van der Waals surface area contributed by atoms with Gasteiger partial charge in [-0.2, -0.15) is 0 Å². The number of aromatic hydroxyl groups is 2. The number of benzene rings is 4. The van der Waals surface area contributed by atoms with Gasteiger partial charge in [-0.1, -0.05) is 42.5 Å². The Morgan fingerprint density at radius 3 is 2.33 bits per heavy atom. The van der Waals surface area contributed by atoms with Crippen molar-refractivity contribution in [3.05, 3.63) is 99.6 Å². The smallest absolute Gasteiger partial charge is 0.335 e. The summed E-state index contributed by atoms with van der Waals surface area (Å²) in [6.07, 6.45) is 0. The van der Waals surface area contributed by atoms with Crippen molar-refractivity contribution in [2.24, 2.45) is 10.2 Å². The normalized spacial score (nSPS) is 11.3. The van der Waals surface area contributed by atoms with Crippen LogP contribution in [0.25, 0.3) is 33.2 Å². The second kappa shape index (κ2) is 9.75. The number of phenols is 1. The zero-order valence-corrected chi connectivity index (χ0v) is 20.8. The predicted molar refractivity (Wildman–Crippen MR) is 146 cm³/mol. The lowest BCUT2D eigenvalue weighted by atomic mass is 9.98. The van der Waals surface area contributed by atoms with Gasteiger partial charge < -0.3 is 20.3 Å². The summed E-state index contributed by atoms with van der Waals surface area (Å²) in [5, 5.41) is 51.1. The van der Waals surface area contributed by atoms with E-state index < -0.39 is 10.9 Å². The van der Waals surface area contributed by atoms with E-state index in [1.54, 1.807) is 24.3 Å². The Morgan fingerprint density at radius 1 is 0.872 bits per heavy atom. The Morgan fingerprint density at radius 2 is 1.62 bits per heavy atom. The number of para-hydroxylation sites is 1. The van der Waals surface area contributed by atoms with Gasteiger partial charge in [0, 0.05) is 28.6 Å². The number of nitro benzene ring substituents is 1. The number of carboxylic acids is 1. The lowest BCUT2D eigenvalue weighted by molar-refractivity contribution is -0.384. The van der Waals surface area contributed by atoms with Gasteiger partial charge in [0.15, 0.2) is 11.4 Å². The lowest BCUT2D eigenvalue weighted by Crippen LogP contribution is -1.95. The number of nitrogens with one attached hydrogen (secondary N) is 1. The number of phenolic OH excluding ortho intramolecular Hbond substituents is 1. The Hall–Kier alpha value is -5.51. The maximum Gasteiger partial charge on any atom is 0.335 e. The third kappa shape index (κ3) is 4.66. The Balaban J connectivity index is 1.62. The molecule has 0 saturated carbocycles. The number of nitrogens with zero attached hydrogens (tertiary/aromatic N) is 3. The summed E-state index contributed by atoms with van der Waals surface area (Å²) < 4.78 is 0. The maximum atomic E-state index is 11.7. The molecule has 0 aliphatic carbocycles. The Labute approximate surface area is 221 Å². The first kappa shape index (κ1) is 25.2. The van der Waals surface area contributed by atoms with Gasteiger partial charge in [0.2, 0.25) is 5.88 Å². The molecule has 5 aromatic rings. The zero-order chi connectivity index (χ0) is 27.8. The number of non-ortho nitro benzene ring substituents is 1. The van der Waals surface area contributed by atoms with Crippen LogP contribution in [-0.2, 0) is 0 Å². The summed E-state index contributed by atoms with van der Waals surface area (Å²) in [6, 6.07) is 19.2. The van der Waals surface area contributed by atoms with Gasteiger partial charge in [0.1, 0.15) is 5.69 Å². The first-order chi connectivity index (χ1) is 18.6. The van der Waals surface area contributed by atoms with Crippen molar-refractivity contribution in [2.45, 2.75) is 13.8 Å². The van der Waals surface area contributed by atoms with Crippen molar-refractivity contribution < 1.29 is 25.0 Å². The monoisotopic (exact) mass is 522 g/mol. The van der Waals surface area contributed by atoms with Crippen molar-refractivity contribution in [1.29, 1.82) is 0 Å². The molecule has 0 amide bonds. The minimum Gasteiger partial charge on any atom is -0.505 e. The van der Waals surface area contributed by atoms with Crippen LogP contribution in [0.15, 0.2) is 83.0 Å². The van der Waals surface area contributed by atoms with Crippen molar-refractivity contribution >= 4 is 33.9 Å². The molecular formula is C29H22N4O6. The van der Waals surface area contributed by atoms with Crippen LogP contribution in [0.4, 0.5) is 17.1 Å². The van der Waals surface area contributed by atoms with Crippen molar-refractivity contribution in [3.63, 3.8) is 0 Å². The minimum atomic E-state index is -1.10. The van der Waals surface area contributed by atoms with Crippen LogP contribution in [0.3, 0.4) is 0 Å². The van der Waals surface area contributed by atoms with E-state index in [0.29, 0.717) is 22.2 Å². The van der Waals surface area contributed by atoms with Gasteiger partial charge in [0.05, 0.1) is 16.0 Å². The number of rotatable bonds is 6. The fourth-order valence-corrected chi connectivity index (χ4v) is 4.37. The van der Waals surface area contributed by atoms with Crippen LogP contribution < -0.4 is 0 Å². The molecule has 1 heterocycles. The van der Waals surface area contributed by atoms with Crippen LogP contribution >= 0.6 is 0 Å². The maximum absolute atomic E-state index is 11.7. The Bertz CT molecular complexity index is 1820. The molecule has 10 nitrogen and oxygen atoms in total. The van der Waals surface area contributed by atoms with Gasteiger partial charge in [-0.15, -0.1) is 10.2 Å². The number of nitro groups is 1. The molecule has 4 N–H and O–H groups in total. The SMILES string of the molecule is Cc1ccc(-c2cc([N+](=O)[O-])cc3c(N=Nc4cccc(-c5cccc(C(=O)O)c5)c4O)c(O)[nH]c23)cc1C. The average molecular weight is 523 g/mol. The average Bonchev–Trinajstić information content (AvgIpc) is 3.23. The van der Waals surface area contributed by atoms with E-state index in [1.807, 2.05) is 32.0 Å². The number of aryl methyl sites for hydroxylation is 2. The first-order valence-corrected chi connectivity index (χ1v) is 11.8. The predicted octanol–water partition coefficient (Wildman–Crippen LogP) is 7.55. The number of fused-ring (bicyclic) bond motifs is 1. The van der Waals surface area contributed by atoms with E-state index in [0.717, 1.165) is 16.7 Å². The number of H-pyrrole nitrogens is 1. The molecule has 5 rings (SSSR count). The molecule has 0 radical (unpaired) electrons. The molecule has 194 valence electrons. The van der Waals surface area contributed by atoms with Crippen LogP contribution in [0.5, 0.6) is 11.6 Å². The van der Waals surface area contributed by atoms with Crippen LogP contribution in [0, 0.1) is 24.0 Å². The van der Waals surface area contributed by atoms with Gasteiger partial charge in [0.25, 0.3) is 5.69 Å². The third-order valence-corrected chi connectivity index (χ3v) is 6.57. The number of carboxylic acid groups (broad SMARTS) is 1. The number of aromatic nitrogens is 1. The fraction of sp³-hybridized carbons (Fsp3) is 0.0690. The number of azo groups is 1. The number of aromatic carboxylic acids is 1. The summed E-state index contributed by atoms with van der Waals surface area (Å²) in [5.74, 6) is -1.69. The van der Waals surface area contributed by atoms with E-state index in [1.165, 1.54) is 30.3 Å². The standard InChI is InChI=1S/C29H22N4O6/c1-15-9-10-18(11-16(15)2)22-13-20(33(38)39)14-23-25(22)30-28(35)26(23)32-31-24-8-4-7-21(27(24)34)17-5-3-6-19(12-17)29(36)37/h3-14,30,34-35H,1-2H3,(H,36,37). The third-order valence-electron chi connectivity index (χ3n) is 6.57. The molecule has 4 aromatic carbocycles. The van der Waals surface area contributed by atoms with Gasteiger partial charge in [-0.05, 0) is 54.3 Å². The largest absolute Gasteiger partial charge is 0.505 e. The van der Waals surface area contributed by atoms with Gasteiger partial charge in [-0.25, -0.2) is 4.79 Å². The van der Waals surface area contributed by atoms with Crippen LogP contribution in [0.2, 0.25) is 0 Å². The second-order valence-electron chi connectivity index (χ2n) is 9.05. The molecule has 0 bridgehead atoms. The summed E-state index contributed by atoms with van der Waals surface area (Å²) in [4.78, 5) is 25.4. The number of carbonyl (C=O) groups is 1. The lowest BCUT2D eigenvalue weighted by Gasteiger charge is -2.08. The van der Waals surface area contributed by atoms with Crippen molar-refractivity contribution in [2.75, 3.05) is 0 Å².